The predicted molar refractivity (Wildman–Crippen MR) is 95.2 cm³/mol. The van der Waals surface area contributed by atoms with Crippen molar-refractivity contribution in [1.82, 2.24) is 15.0 Å². The number of rotatable bonds is 3. The van der Waals surface area contributed by atoms with E-state index in [1.807, 2.05) is 66.7 Å². The van der Waals surface area contributed by atoms with Crippen LogP contribution in [0.15, 0.2) is 79.1 Å². The standard InChI is InChI=1S/C20H16N4/c21-18(15-9-6-12-22-13-15)19-16-10-4-5-11-17(16)23-20(24-19)14-7-2-1-3-8-14/h1-13,18H,21H2. The van der Waals surface area contributed by atoms with Gasteiger partial charge in [0.05, 0.1) is 17.3 Å². The molecule has 116 valence electrons. The average molecular weight is 312 g/mol. The van der Waals surface area contributed by atoms with Crippen LogP contribution in [0.3, 0.4) is 0 Å². The van der Waals surface area contributed by atoms with Crippen molar-refractivity contribution >= 4 is 10.9 Å². The van der Waals surface area contributed by atoms with Crippen LogP contribution in [0, 0.1) is 0 Å². The molecule has 0 saturated carbocycles. The zero-order chi connectivity index (χ0) is 16.4. The molecule has 0 amide bonds. The maximum atomic E-state index is 6.50. The van der Waals surface area contributed by atoms with Gasteiger partial charge in [0, 0.05) is 23.3 Å². The van der Waals surface area contributed by atoms with Gasteiger partial charge in [0.2, 0.25) is 0 Å². The first-order valence-corrected chi connectivity index (χ1v) is 7.80. The fourth-order valence-electron chi connectivity index (χ4n) is 2.77. The minimum absolute atomic E-state index is 0.353. The number of hydrogen-bond donors (Lipinski definition) is 1. The predicted octanol–water partition coefficient (Wildman–Crippen LogP) is 3.74. The first kappa shape index (κ1) is 14.5. The summed E-state index contributed by atoms with van der Waals surface area (Å²) in [5.74, 6) is 0.684. The number of hydrogen-bond acceptors (Lipinski definition) is 4. The van der Waals surface area contributed by atoms with E-state index >= 15 is 0 Å². The molecule has 0 spiro atoms. The van der Waals surface area contributed by atoms with E-state index in [9.17, 15) is 0 Å². The Morgan fingerprint density at radius 1 is 0.792 bits per heavy atom. The summed E-state index contributed by atoms with van der Waals surface area (Å²) in [6.45, 7) is 0. The highest BCUT2D eigenvalue weighted by molar-refractivity contribution is 5.83. The molecule has 2 heterocycles. The molecule has 24 heavy (non-hydrogen) atoms. The Balaban J connectivity index is 1.93. The molecule has 0 bridgehead atoms. The summed E-state index contributed by atoms with van der Waals surface area (Å²) in [5.41, 5.74) is 10.1. The largest absolute Gasteiger partial charge is 0.319 e. The van der Waals surface area contributed by atoms with E-state index in [-0.39, 0.29) is 6.04 Å². The molecule has 4 nitrogen and oxygen atoms in total. The first-order chi connectivity index (χ1) is 11.8. The van der Waals surface area contributed by atoms with Gasteiger partial charge >= 0.3 is 0 Å². The molecule has 1 atom stereocenters. The number of nitrogens with two attached hydrogens (primary N) is 1. The second kappa shape index (κ2) is 6.18. The fourth-order valence-corrected chi connectivity index (χ4v) is 2.77. The monoisotopic (exact) mass is 312 g/mol. The van der Waals surface area contributed by atoms with Crippen LogP contribution in [0.5, 0.6) is 0 Å². The van der Waals surface area contributed by atoms with Gasteiger partial charge in [-0.1, -0.05) is 54.6 Å². The van der Waals surface area contributed by atoms with E-state index in [2.05, 4.69) is 4.98 Å². The molecular weight excluding hydrogens is 296 g/mol. The summed E-state index contributed by atoms with van der Waals surface area (Å²) in [6.07, 6.45) is 3.52. The summed E-state index contributed by atoms with van der Waals surface area (Å²) in [7, 11) is 0. The van der Waals surface area contributed by atoms with Crippen molar-refractivity contribution in [2.24, 2.45) is 5.73 Å². The Morgan fingerprint density at radius 3 is 2.38 bits per heavy atom. The second-order valence-corrected chi connectivity index (χ2v) is 5.58. The van der Waals surface area contributed by atoms with Crippen LogP contribution in [0.1, 0.15) is 17.3 Å². The quantitative estimate of drug-likeness (QED) is 0.626. The highest BCUT2D eigenvalue weighted by Gasteiger charge is 2.17. The summed E-state index contributed by atoms with van der Waals surface area (Å²) < 4.78 is 0. The van der Waals surface area contributed by atoms with E-state index in [0.29, 0.717) is 5.82 Å². The minimum Gasteiger partial charge on any atom is -0.319 e. The van der Waals surface area contributed by atoms with Gasteiger partial charge in [-0.2, -0.15) is 0 Å². The lowest BCUT2D eigenvalue weighted by Gasteiger charge is -2.15. The van der Waals surface area contributed by atoms with E-state index in [1.165, 1.54) is 0 Å². The summed E-state index contributed by atoms with van der Waals surface area (Å²) in [4.78, 5) is 13.7. The van der Waals surface area contributed by atoms with Crippen molar-refractivity contribution in [2.45, 2.75) is 6.04 Å². The highest BCUT2D eigenvalue weighted by Crippen LogP contribution is 2.27. The molecule has 2 aromatic carbocycles. The lowest BCUT2D eigenvalue weighted by molar-refractivity contribution is 0.830. The number of nitrogens with zero attached hydrogens (tertiary/aromatic N) is 3. The Labute approximate surface area is 140 Å². The maximum Gasteiger partial charge on any atom is 0.160 e. The number of fused-ring (bicyclic) bond motifs is 1. The highest BCUT2D eigenvalue weighted by atomic mass is 14.9. The summed E-state index contributed by atoms with van der Waals surface area (Å²) in [5, 5.41) is 0.966. The van der Waals surface area contributed by atoms with Crippen molar-refractivity contribution < 1.29 is 0 Å². The van der Waals surface area contributed by atoms with Gasteiger partial charge in [-0.05, 0) is 17.7 Å². The molecule has 4 heteroatoms. The SMILES string of the molecule is NC(c1cccnc1)c1nc(-c2ccccc2)nc2ccccc12. The fraction of sp³-hybridized carbons (Fsp3) is 0.0500. The van der Waals surface area contributed by atoms with Gasteiger partial charge in [0.1, 0.15) is 0 Å². The van der Waals surface area contributed by atoms with Crippen LogP contribution in [-0.2, 0) is 0 Å². The van der Waals surface area contributed by atoms with Crippen LogP contribution < -0.4 is 5.73 Å². The lowest BCUT2D eigenvalue weighted by Crippen LogP contribution is -2.15. The second-order valence-electron chi connectivity index (χ2n) is 5.58. The first-order valence-electron chi connectivity index (χ1n) is 7.80. The van der Waals surface area contributed by atoms with E-state index in [1.54, 1.807) is 12.4 Å². The van der Waals surface area contributed by atoms with Crippen LogP contribution >= 0.6 is 0 Å². The molecule has 2 aromatic heterocycles. The molecule has 0 aliphatic carbocycles. The lowest BCUT2D eigenvalue weighted by atomic mass is 10.0. The van der Waals surface area contributed by atoms with Gasteiger partial charge in [0.15, 0.2) is 5.82 Å². The third kappa shape index (κ3) is 2.64. The van der Waals surface area contributed by atoms with Crippen LogP contribution in [0.2, 0.25) is 0 Å². The molecule has 2 N–H and O–H groups in total. The number of pyridine rings is 1. The number of benzene rings is 2. The molecule has 4 aromatic rings. The number of para-hydroxylation sites is 1. The summed E-state index contributed by atoms with van der Waals surface area (Å²) in [6, 6.07) is 21.4. The topological polar surface area (TPSA) is 64.7 Å². The van der Waals surface area contributed by atoms with Crippen molar-refractivity contribution in [3.63, 3.8) is 0 Å². The molecule has 0 fully saturated rings. The zero-order valence-corrected chi connectivity index (χ0v) is 13.0. The molecule has 0 aliphatic heterocycles. The van der Waals surface area contributed by atoms with Crippen molar-refractivity contribution in [3.8, 4) is 11.4 Å². The molecule has 1 unspecified atom stereocenters. The molecule has 0 saturated heterocycles. The Bertz CT molecular complexity index is 968. The van der Waals surface area contributed by atoms with Crippen molar-refractivity contribution in [1.29, 1.82) is 0 Å². The smallest absolute Gasteiger partial charge is 0.160 e. The molecule has 0 aliphatic rings. The molecular formula is C20H16N4. The van der Waals surface area contributed by atoms with Crippen molar-refractivity contribution in [2.75, 3.05) is 0 Å². The van der Waals surface area contributed by atoms with Gasteiger partial charge in [-0.25, -0.2) is 9.97 Å². The van der Waals surface area contributed by atoms with Gasteiger partial charge in [-0.3, -0.25) is 4.98 Å². The zero-order valence-electron chi connectivity index (χ0n) is 13.0. The Kier molecular flexibility index (Phi) is 3.73. The van der Waals surface area contributed by atoms with E-state index < -0.39 is 0 Å². The van der Waals surface area contributed by atoms with Crippen LogP contribution in [-0.4, -0.2) is 15.0 Å². The third-order valence-corrected chi connectivity index (χ3v) is 4.00. The Morgan fingerprint density at radius 2 is 1.58 bits per heavy atom. The van der Waals surface area contributed by atoms with Crippen LogP contribution in [0.4, 0.5) is 0 Å². The number of aromatic nitrogens is 3. The van der Waals surface area contributed by atoms with Crippen molar-refractivity contribution in [3.05, 3.63) is 90.4 Å². The third-order valence-electron chi connectivity index (χ3n) is 4.00. The van der Waals surface area contributed by atoms with Gasteiger partial charge in [-0.15, -0.1) is 0 Å². The minimum atomic E-state index is -0.353. The van der Waals surface area contributed by atoms with Gasteiger partial charge < -0.3 is 5.73 Å². The average Bonchev–Trinajstić information content (AvgIpc) is 2.68. The van der Waals surface area contributed by atoms with E-state index in [0.717, 1.165) is 27.7 Å². The maximum absolute atomic E-state index is 6.50. The van der Waals surface area contributed by atoms with Crippen LogP contribution in [0.25, 0.3) is 22.3 Å². The normalized spacial score (nSPS) is 12.2. The molecule has 0 radical (unpaired) electrons. The van der Waals surface area contributed by atoms with Gasteiger partial charge in [0.25, 0.3) is 0 Å². The molecule has 4 rings (SSSR count). The Hall–Kier alpha value is -3.11. The van der Waals surface area contributed by atoms with E-state index in [4.69, 9.17) is 15.7 Å². The summed E-state index contributed by atoms with van der Waals surface area (Å²) >= 11 is 0.